The first-order chi connectivity index (χ1) is 7.79. The van der Waals surface area contributed by atoms with Crippen LogP contribution >= 0.6 is 0 Å². The summed E-state index contributed by atoms with van der Waals surface area (Å²) in [6, 6.07) is 7.36. The molecule has 1 unspecified atom stereocenters. The van der Waals surface area contributed by atoms with Crippen LogP contribution in [0.1, 0.15) is 12.0 Å². The zero-order chi connectivity index (χ0) is 11.4. The number of nitriles is 1. The summed E-state index contributed by atoms with van der Waals surface area (Å²) in [5, 5.41) is 12.1. The molecule has 84 valence electrons. The van der Waals surface area contributed by atoms with Gasteiger partial charge in [-0.2, -0.15) is 5.26 Å². The lowest BCUT2D eigenvalue weighted by molar-refractivity contribution is 0.187. The molecule has 0 bridgehead atoms. The van der Waals surface area contributed by atoms with Gasteiger partial charge in [0.05, 0.1) is 29.6 Å². The van der Waals surface area contributed by atoms with Gasteiger partial charge in [-0.1, -0.05) is 0 Å². The molecule has 0 radical (unpaired) electrons. The molecule has 3 N–H and O–H groups in total. The number of hydrogen-bond acceptors (Lipinski definition) is 4. The molecule has 4 heteroatoms. The van der Waals surface area contributed by atoms with E-state index < -0.39 is 0 Å². The van der Waals surface area contributed by atoms with E-state index in [9.17, 15) is 0 Å². The number of nitrogens with one attached hydrogen (secondary N) is 1. The number of ether oxygens (including phenoxy) is 1. The fourth-order valence-corrected chi connectivity index (χ4v) is 1.78. The number of benzene rings is 1. The van der Waals surface area contributed by atoms with Crippen LogP contribution in [0.2, 0.25) is 0 Å². The van der Waals surface area contributed by atoms with Crippen LogP contribution in [0.25, 0.3) is 0 Å². The van der Waals surface area contributed by atoms with E-state index in [0.29, 0.717) is 17.2 Å². The van der Waals surface area contributed by atoms with Crippen LogP contribution in [0.3, 0.4) is 0 Å². The summed E-state index contributed by atoms with van der Waals surface area (Å²) >= 11 is 0. The summed E-state index contributed by atoms with van der Waals surface area (Å²) < 4.78 is 5.30. The fourth-order valence-electron chi connectivity index (χ4n) is 1.78. The van der Waals surface area contributed by atoms with Crippen molar-refractivity contribution in [3.8, 4) is 6.07 Å². The predicted molar refractivity (Wildman–Crippen MR) is 63.0 cm³/mol. The Labute approximate surface area is 95.0 Å². The normalized spacial score (nSPS) is 19.3. The first-order valence-electron chi connectivity index (χ1n) is 5.41. The van der Waals surface area contributed by atoms with Crippen LogP contribution in [-0.4, -0.2) is 19.8 Å². The quantitative estimate of drug-likeness (QED) is 0.754. The van der Waals surface area contributed by atoms with Crippen molar-refractivity contribution in [1.29, 1.82) is 5.26 Å². The number of anilines is 2. The van der Waals surface area contributed by atoms with Crippen molar-refractivity contribution in [3.63, 3.8) is 0 Å². The van der Waals surface area contributed by atoms with Crippen molar-refractivity contribution in [2.45, 2.75) is 6.42 Å². The molecule has 0 spiro atoms. The van der Waals surface area contributed by atoms with Crippen molar-refractivity contribution >= 4 is 11.4 Å². The summed E-state index contributed by atoms with van der Waals surface area (Å²) in [4.78, 5) is 0. The van der Waals surface area contributed by atoms with Crippen molar-refractivity contribution in [2.75, 3.05) is 30.8 Å². The highest BCUT2D eigenvalue weighted by Gasteiger charge is 2.15. The Hall–Kier alpha value is -1.73. The molecule has 1 atom stereocenters. The highest BCUT2D eigenvalue weighted by atomic mass is 16.5. The summed E-state index contributed by atoms with van der Waals surface area (Å²) in [5.41, 5.74) is 7.97. The lowest BCUT2D eigenvalue weighted by Crippen LogP contribution is -2.15. The van der Waals surface area contributed by atoms with E-state index >= 15 is 0 Å². The first kappa shape index (κ1) is 10.8. The maximum Gasteiger partial charge on any atom is 0.0992 e. The molecule has 16 heavy (non-hydrogen) atoms. The van der Waals surface area contributed by atoms with E-state index in [-0.39, 0.29) is 0 Å². The molecule has 0 saturated carbocycles. The lowest BCUT2D eigenvalue weighted by atomic mass is 10.1. The van der Waals surface area contributed by atoms with Crippen molar-refractivity contribution in [2.24, 2.45) is 5.92 Å². The van der Waals surface area contributed by atoms with Gasteiger partial charge >= 0.3 is 0 Å². The van der Waals surface area contributed by atoms with Crippen molar-refractivity contribution < 1.29 is 4.74 Å². The minimum Gasteiger partial charge on any atom is -0.397 e. The molecule has 1 aliphatic heterocycles. The molecule has 1 aliphatic rings. The molecular formula is C12H15N3O. The van der Waals surface area contributed by atoms with Gasteiger partial charge in [0.2, 0.25) is 0 Å². The third-order valence-corrected chi connectivity index (χ3v) is 2.79. The summed E-state index contributed by atoms with van der Waals surface area (Å²) in [6.07, 6.45) is 1.09. The zero-order valence-corrected chi connectivity index (χ0v) is 9.07. The summed E-state index contributed by atoms with van der Waals surface area (Å²) in [6.45, 7) is 2.50. The third-order valence-electron chi connectivity index (χ3n) is 2.79. The van der Waals surface area contributed by atoms with Gasteiger partial charge in [-0.25, -0.2) is 0 Å². The number of nitrogen functional groups attached to an aromatic ring is 1. The highest BCUT2D eigenvalue weighted by molar-refractivity contribution is 5.68. The van der Waals surface area contributed by atoms with Gasteiger partial charge in [-0.3, -0.25) is 0 Å². The van der Waals surface area contributed by atoms with Crippen LogP contribution in [0.15, 0.2) is 18.2 Å². The largest absolute Gasteiger partial charge is 0.397 e. The Morgan fingerprint density at radius 2 is 2.44 bits per heavy atom. The molecule has 1 fully saturated rings. The maximum atomic E-state index is 8.79. The average Bonchev–Trinajstić information content (AvgIpc) is 2.81. The van der Waals surface area contributed by atoms with Gasteiger partial charge < -0.3 is 15.8 Å². The SMILES string of the molecule is N#Cc1ccc(N)c(NCC2CCOC2)c1. The zero-order valence-electron chi connectivity index (χ0n) is 9.07. The van der Waals surface area contributed by atoms with Crippen LogP contribution in [-0.2, 0) is 4.74 Å². The molecule has 0 aromatic heterocycles. The summed E-state index contributed by atoms with van der Waals surface area (Å²) in [5.74, 6) is 0.546. The second-order valence-electron chi connectivity index (χ2n) is 4.02. The predicted octanol–water partition coefficient (Wildman–Crippen LogP) is 1.59. The molecule has 1 saturated heterocycles. The van der Waals surface area contributed by atoms with Gasteiger partial charge in [0.25, 0.3) is 0 Å². The Bertz CT molecular complexity index is 405. The minimum atomic E-state index is 0.546. The number of nitrogens with two attached hydrogens (primary N) is 1. The monoisotopic (exact) mass is 217 g/mol. The second kappa shape index (κ2) is 4.86. The van der Waals surface area contributed by atoms with E-state index in [1.165, 1.54) is 0 Å². The Kier molecular flexibility index (Phi) is 3.28. The van der Waals surface area contributed by atoms with E-state index in [4.69, 9.17) is 15.7 Å². The third kappa shape index (κ3) is 2.44. The molecule has 4 nitrogen and oxygen atoms in total. The first-order valence-corrected chi connectivity index (χ1v) is 5.41. The smallest absolute Gasteiger partial charge is 0.0992 e. The van der Waals surface area contributed by atoms with Crippen LogP contribution in [0.5, 0.6) is 0 Å². The van der Waals surface area contributed by atoms with E-state index in [0.717, 1.165) is 31.9 Å². The van der Waals surface area contributed by atoms with E-state index in [2.05, 4.69) is 11.4 Å². The van der Waals surface area contributed by atoms with E-state index in [1.54, 1.807) is 18.2 Å². The number of hydrogen-bond donors (Lipinski definition) is 2. The minimum absolute atomic E-state index is 0.546. The Morgan fingerprint density at radius 1 is 1.56 bits per heavy atom. The fraction of sp³-hybridized carbons (Fsp3) is 0.417. The lowest BCUT2D eigenvalue weighted by Gasteiger charge is -2.12. The summed E-state index contributed by atoms with van der Waals surface area (Å²) in [7, 11) is 0. The van der Waals surface area contributed by atoms with Gasteiger partial charge in [0.1, 0.15) is 0 Å². The van der Waals surface area contributed by atoms with Crippen LogP contribution < -0.4 is 11.1 Å². The Balaban J connectivity index is 2.00. The van der Waals surface area contributed by atoms with Crippen molar-refractivity contribution in [1.82, 2.24) is 0 Å². The van der Waals surface area contributed by atoms with Gasteiger partial charge in [-0.15, -0.1) is 0 Å². The highest BCUT2D eigenvalue weighted by Crippen LogP contribution is 2.21. The molecule has 2 rings (SSSR count). The number of nitrogens with zero attached hydrogens (tertiary/aromatic N) is 1. The molecule has 1 aromatic rings. The van der Waals surface area contributed by atoms with Crippen molar-refractivity contribution in [3.05, 3.63) is 23.8 Å². The molecule has 1 aromatic carbocycles. The van der Waals surface area contributed by atoms with Gasteiger partial charge in [-0.05, 0) is 24.6 Å². The van der Waals surface area contributed by atoms with Crippen LogP contribution in [0, 0.1) is 17.2 Å². The molecule has 1 heterocycles. The standard InChI is InChI=1S/C12H15N3O/c13-6-9-1-2-11(14)12(5-9)15-7-10-3-4-16-8-10/h1-2,5,10,15H,3-4,7-8,14H2. The van der Waals surface area contributed by atoms with Gasteiger partial charge in [0.15, 0.2) is 0 Å². The van der Waals surface area contributed by atoms with E-state index in [1.807, 2.05) is 0 Å². The number of rotatable bonds is 3. The molecular weight excluding hydrogens is 202 g/mol. The maximum absolute atomic E-state index is 8.79. The topological polar surface area (TPSA) is 71.1 Å². The van der Waals surface area contributed by atoms with Gasteiger partial charge in [0, 0.05) is 19.1 Å². The van der Waals surface area contributed by atoms with Crippen LogP contribution in [0.4, 0.5) is 11.4 Å². The molecule has 0 aliphatic carbocycles. The average molecular weight is 217 g/mol. The Morgan fingerprint density at radius 3 is 3.12 bits per heavy atom. The molecule has 0 amide bonds. The second-order valence-corrected chi connectivity index (χ2v) is 4.02.